The molecule has 0 spiro atoms. The monoisotopic (exact) mass is 421 g/mol. The maximum absolute atomic E-state index is 11.1. The van der Waals surface area contributed by atoms with Crippen LogP contribution < -0.4 is 5.73 Å². The lowest BCUT2D eigenvalue weighted by molar-refractivity contribution is 0.0698. The van der Waals surface area contributed by atoms with Gasteiger partial charge in [0, 0.05) is 43.7 Å². The fourth-order valence-electron chi connectivity index (χ4n) is 4.06. The molecule has 5 N–H and O–H groups in total. The van der Waals surface area contributed by atoms with Gasteiger partial charge in [0.2, 0.25) is 5.91 Å². The minimum atomic E-state index is -0.905. The quantitative estimate of drug-likeness (QED) is 0.299. The highest BCUT2D eigenvalue weighted by atomic mass is 16.4. The van der Waals surface area contributed by atoms with Crippen LogP contribution in [0.15, 0.2) is 84.9 Å². The molecule has 0 saturated carbocycles. The maximum Gasteiger partial charge on any atom is 0.337 e. The van der Waals surface area contributed by atoms with Crippen molar-refractivity contribution < 1.29 is 14.7 Å². The molecule has 0 unspecified atom stereocenters. The standard InChI is InChI=1S/C13H10N2O.C13H9NO2/c14-13(16)8-5-6-10-9-3-1-2-4-11(9)15-12(10)7-8;15-13(16)10-6-3-5-9-8-4-1-2-7-11(8)14-12(9)10/h1-7,15H,(H2,14,16);1-7,14H,(H,15,16). The number of carbonyl (C=O) groups is 2. The van der Waals surface area contributed by atoms with Gasteiger partial charge in [-0.15, -0.1) is 0 Å². The van der Waals surface area contributed by atoms with E-state index in [1.54, 1.807) is 24.3 Å². The number of fused-ring (bicyclic) bond motifs is 6. The molecule has 4 aromatic carbocycles. The second-order valence-corrected chi connectivity index (χ2v) is 7.50. The van der Waals surface area contributed by atoms with Gasteiger partial charge in [-0.25, -0.2) is 4.79 Å². The lowest BCUT2D eigenvalue weighted by Gasteiger charge is -1.95. The number of benzene rings is 4. The predicted octanol–water partition coefficient (Wildman–Crippen LogP) is 5.44. The number of nitrogens with two attached hydrogens (primary N) is 1. The van der Waals surface area contributed by atoms with E-state index in [-0.39, 0.29) is 0 Å². The van der Waals surface area contributed by atoms with Gasteiger partial charge in [0.05, 0.1) is 11.1 Å². The first-order valence-corrected chi connectivity index (χ1v) is 10.1. The van der Waals surface area contributed by atoms with E-state index in [4.69, 9.17) is 10.8 Å². The van der Waals surface area contributed by atoms with Crippen LogP contribution in [0.2, 0.25) is 0 Å². The topological polar surface area (TPSA) is 112 Å². The Hall–Kier alpha value is -4.58. The predicted molar refractivity (Wildman–Crippen MR) is 127 cm³/mol. The van der Waals surface area contributed by atoms with Gasteiger partial charge in [-0.1, -0.05) is 54.6 Å². The number of para-hydroxylation sites is 3. The average Bonchev–Trinajstić information content (AvgIpc) is 3.37. The van der Waals surface area contributed by atoms with Crippen molar-refractivity contribution in [3.8, 4) is 0 Å². The van der Waals surface area contributed by atoms with Crippen LogP contribution in [-0.4, -0.2) is 27.0 Å². The second kappa shape index (κ2) is 7.59. The highest BCUT2D eigenvalue weighted by Gasteiger charge is 2.11. The van der Waals surface area contributed by atoms with Crippen LogP contribution in [0.1, 0.15) is 20.7 Å². The normalized spacial score (nSPS) is 11.0. The Labute approximate surface area is 182 Å². The summed E-state index contributed by atoms with van der Waals surface area (Å²) in [4.78, 5) is 28.6. The Kier molecular flexibility index (Phi) is 4.60. The number of carboxylic acid groups (broad SMARTS) is 1. The zero-order valence-electron chi connectivity index (χ0n) is 16.9. The van der Waals surface area contributed by atoms with Crippen molar-refractivity contribution in [3.63, 3.8) is 0 Å². The van der Waals surface area contributed by atoms with Gasteiger partial charge in [0.25, 0.3) is 0 Å². The summed E-state index contributed by atoms with van der Waals surface area (Å²) in [6.45, 7) is 0. The van der Waals surface area contributed by atoms with Crippen molar-refractivity contribution in [2.75, 3.05) is 0 Å². The number of aromatic nitrogens is 2. The third-order valence-electron chi connectivity index (χ3n) is 5.56. The van der Waals surface area contributed by atoms with Gasteiger partial charge >= 0.3 is 5.97 Å². The molecule has 0 saturated heterocycles. The lowest BCUT2D eigenvalue weighted by Crippen LogP contribution is -2.10. The van der Waals surface area contributed by atoms with Crippen LogP contribution in [0, 0.1) is 0 Å². The first-order chi connectivity index (χ1) is 15.5. The highest BCUT2D eigenvalue weighted by Crippen LogP contribution is 2.27. The second-order valence-electron chi connectivity index (χ2n) is 7.50. The minimum Gasteiger partial charge on any atom is -0.478 e. The molecule has 1 amide bonds. The summed E-state index contributed by atoms with van der Waals surface area (Å²) in [7, 11) is 0. The number of H-pyrrole nitrogens is 2. The summed E-state index contributed by atoms with van der Waals surface area (Å²) in [5.41, 5.74) is 9.75. The molecule has 2 heterocycles. The molecule has 0 bridgehead atoms. The summed E-state index contributed by atoms with van der Waals surface area (Å²) >= 11 is 0. The third kappa shape index (κ3) is 3.24. The summed E-state index contributed by atoms with van der Waals surface area (Å²) in [6, 6.07) is 26.6. The van der Waals surface area contributed by atoms with Gasteiger partial charge in [-0.05, 0) is 30.3 Å². The first kappa shape index (κ1) is 19.4. The van der Waals surface area contributed by atoms with E-state index in [9.17, 15) is 9.59 Å². The van der Waals surface area contributed by atoms with Crippen molar-refractivity contribution in [1.29, 1.82) is 0 Å². The number of rotatable bonds is 2. The molecule has 0 radical (unpaired) electrons. The van der Waals surface area contributed by atoms with Crippen molar-refractivity contribution in [3.05, 3.63) is 96.1 Å². The Bertz CT molecular complexity index is 1640. The average molecular weight is 421 g/mol. The molecule has 32 heavy (non-hydrogen) atoms. The Morgan fingerprint density at radius 1 is 0.656 bits per heavy atom. The van der Waals surface area contributed by atoms with Crippen molar-refractivity contribution in [1.82, 2.24) is 9.97 Å². The summed E-state index contributed by atoms with van der Waals surface area (Å²) < 4.78 is 0. The number of hydrogen-bond donors (Lipinski definition) is 4. The Morgan fingerprint density at radius 2 is 1.25 bits per heavy atom. The zero-order valence-corrected chi connectivity index (χ0v) is 16.9. The first-order valence-electron chi connectivity index (χ1n) is 10.1. The summed E-state index contributed by atoms with van der Waals surface area (Å²) in [5, 5.41) is 13.4. The van der Waals surface area contributed by atoms with Crippen LogP contribution >= 0.6 is 0 Å². The van der Waals surface area contributed by atoms with Crippen LogP contribution in [0.3, 0.4) is 0 Å². The Balaban J connectivity index is 0.000000135. The fraction of sp³-hybridized carbons (Fsp3) is 0. The number of aromatic amines is 2. The minimum absolute atomic E-state index is 0.314. The van der Waals surface area contributed by atoms with Crippen molar-refractivity contribution in [2.24, 2.45) is 5.73 Å². The largest absolute Gasteiger partial charge is 0.478 e. The van der Waals surface area contributed by atoms with E-state index in [1.165, 1.54) is 0 Å². The SMILES string of the molecule is NC(=O)c1ccc2c(c1)[nH]c1ccccc12.O=C(O)c1cccc2c1[nH]c1ccccc12. The molecule has 156 valence electrons. The molecule has 0 atom stereocenters. The van der Waals surface area contributed by atoms with Crippen molar-refractivity contribution >= 4 is 55.5 Å². The molecular weight excluding hydrogens is 402 g/mol. The van der Waals surface area contributed by atoms with Crippen LogP contribution in [-0.2, 0) is 0 Å². The van der Waals surface area contributed by atoms with Crippen LogP contribution in [0.5, 0.6) is 0 Å². The van der Waals surface area contributed by atoms with Crippen LogP contribution in [0.4, 0.5) is 0 Å². The van der Waals surface area contributed by atoms with Crippen molar-refractivity contribution in [2.45, 2.75) is 0 Å². The van der Waals surface area contributed by atoms with Gasteiger partial charge in [-0.3, -0.25) is 4.79 Å². The third-order valence-corrected chi connectivity index (χ3v) is 5.56. The molecule has 2 aromatic heterocycles. The molecule has 6 rings (SSSR count). The maximum atomic E-state index is 11.1. The number of carboxylic acids is 1. The number of amides is 1. The molecule has 0 aliphatic rings. The number of nitrogens with one attached hydrogen (secondary N) is 2. The van der Waals surface area contributed by atoms with Gasteiger partial charge in [-0.2, -0.15) is 0 Å². The summed E-state index contributed by atoms with van der Waals surface area (Å²) in [6.07, 6.45) is 0. The van der Waals surface area contributed by atoms with Crippen LogP contribution in [0.25, 0.3) is 43.6 Å². The van der Waals surface area contributed by atoms with E-state index in [2.05, 4.69) is 16.0 Å². The smallest absolute Gasteiger partial charge is 0.337 e. The van der Waals surface area contributed by atoms with E-state index in [0.29, 0.717) is 16.6 Å². The molecule has 0 aliphatic carbocycles. The number of primary amides is 1. The van der Waals surface area contributed by atoms with Gasteiger partial charge in [0.1, 0.15) is 0 Å². The van der Waals surface area contributed by atoms with Gasteiger partial charge < -0.3 is 20.8 Å². The molecule has 6 heteroatoms. The molecule has 6 nitrogen and oxygen atoms in total. The molecule has 6 aromatic rings. The van der Waals surface area contributed by atoms with E-state index >= 15 is 0 Å². The highest BCUT2D eigenvalue weighted by molar-refractivity contribution is 6.13. The van der Waals surface area contributed by atoms with E-state index in [0.717, 1.165) is 38.1 Å². The number of hydrogen-bond acceptors (Lipinski definition) is 2. The fourth-order valence-corrected chi connectivity index (χ4v) is 4.06. The summed E-state index contributed by atoms with van der Waals surface area (Å²) in [5.74, 6) is -1.31. The number of aromatic carboxylic acids is 1. The van der Waals surface area contributed by atoms with E-state index < -0.39 is 11.9 Å². The zero-order chi connectivity index (χ0) is 22.2. The Morgan fingerprint density at radius 3 is 1.94 bits per heavy atom. The molecule has 0 fully saturated rings. The van der Waals surface area contributed by atoms with E-state index in [1.807, 2.05) is 54.6 Å². The molecule has 0 aliphatic heterocycles. The lowest BCUT2D eigenvalue weighted by atomic mass is 10.1. The number of carbonyl (C=O) groups excluding carboxylic acids is 1. The van der Waals surface area contributed by atoms with Gasteiger partial charge in [0.15, 0.2) is 0 Å². The molecular formula is C26H19N3O3.